The molecule has 0 aromatic carbocycles. The van der Waals surface area contributed by atoms with E-state index in [0.717, 1.165) is 46.8 Å². The molecule has 0 amide bonds. The minimum atomic E-state index is 0.524. The Hall–Kier alpha value is -0.470. The summed E-state index contributed by atoms with van der Waals surface area (Å²) in [4.78, 5) is 11.3. The molecule has 0 unspecified atom stereocenters. The van der Waals surface area contributed by atoms with Gasteiger partial charge in [-0.2, -0.15) is 0 Å². The van der Waals surface area contributed by atoms with Crippen molar-refractivity contribution in [2.45, 2.75) is 26.4 Å². The van der Waals surface area contributed by atoms with Crippen molar-refractivity contribution < 1.29 is 4.74 Å². The maximum atomic E-state index is 5.22. The average molecular weight is 378 g/mol. The van der Waals surface area contributed by atoms with Gasteiger partial charge in [-0.25, -0.2) is 9.97 Å². The molecular weight excluding hydrogens is 355 g/mol. The second-order valence-electron chi connectivity index (χ2n) is 4.66. The fraction of sp³-hybridized carbons (Fsp3) is 0.692. The SMILES string of the molecule is CCCNc1nc(CCN(C)C)nc(COC)c1I. The molecule has 0 aliphatic heterocycles. The van der Waals surface area contributed by atoms with Gasteiger partial charge in [0.25, 0.3) is 0 Å². The Morgan fingerprint density at radius 2 is 2.05 bits per heavy atom. The number of nitrogens with zero attached hydrogens (tertiary/aromatic N) is 3. The van der Waals surface area contributed by atoms with E-state index in [1.165, 1.54) is 0 Å². The summed E-state index contributed by atoms with van der Waals surface area (Å²) in [6, 6.07) is 0. The van der Waals surface area contributed by atoms with Crippen LogP contribution in [0.25, 0.3) is 0 Å². The van der Waals surface area contributed by atoms with Crippen LogP contribution >= 0.6 is 22.6 Å². The molecule has 1 rings (SSSR count). The molecule has 0 saturated carbocycles. The maximum absolute atomic E-state index is 5.22. The van der Waals surface area contributed by atoms with Crippen LogP contribution in [0.5, 0.6) is 0 Å². The van der Waals surface area contributed by atoms with Crippen molar-refractivity contribution in [3.63, 3.8) is 0 Å². The summed E-state index contributed by atoms with van der Waals surface area (Å²) in [7, 11) is 5.80. The number of rotatable bonds is 8. The normalized spacial score (nSPS) is 11.1. The van der Waals surface area contributed by atoms with Crippen LogP contribution in [0.2, 0.25) is 0 Å². The largest absolute Gasteiger partial charge is 0.378 e. The molecule has 0 radical (unpaired) electrons. The lowest BCUT2D eigenvalue weighted by atomic mass is 10.3. The van der Waals surface area contributed by atoms with Crippen LogP contribution < -0.4 is 5.32 Å². The lowest BCUT2D eigenvalue weighted by Gasteiger charge is -2.14. The van der Waals surface area contributed by atoms with Gasteiger partial charge >= 0.3 is 0 Å². The van der Waals surface area contributed by atoms with Crippen LogP contribution in [0.3, 0.4) is 0 Å². The first-order chi connectivity index (χ1) is 9.08. The van der Waals surface area contributed by atoms with Crippen molar-refractivity contribution in [1.82, 2.24) is 14.9 Å². The molecule has 19 heavy (non-hydrogen) atoms. The van der Waals surface area contributed by atoms with Gasteiger partial charge in [-0.05, 0) is 43.1 Å². The molecule has 1 aromatic heterocycles. The Bertz CT molecular complexity index is 398. The first-order valence-electron chi connectivity index (χ1n) is 6.51. The predicted molar refractivity (Wildman–Crippen MR) is 86.5 cm³/mol. The Balaban J connectivity index is 2.93. The number of anilines is 1. The summed E-state index contributed by atoms with van der Waals surface area (Å²) in [5.74, 6) is 1.80. The highest BCUT2D eigenvalue weighted by Crippen LogP contribution is 2.20. The number of ether oxygens (including phenoxy) is 1. The summed E-state index contributed by atoms with van der Waals surface area (Å²) in [5.41, 5.74) is 0.963. The van der Waals surface area contributed by atoms with E-state index in [4.69, 9.17) is 4.74 Å². The van der Waals surface area contributed by atoms with Crippen molar-refractivity contribution in [2.75, 3.05) is 39.6 Å². The van der Waals surface area contributed by atoms with E-state index < -0.39 is 0 Å². The Kier molecular flexibility index (Phi) is 7.55. The van der Waals surface area contributed by atoms with Gasteiger partial charge in [-0.15, -0.1) is 0 Å². The van der Waals surface area contributed by atoms with Crippen LogP contribution in [0.15, 0.2) is 0 Å². The Labute approximate surface area is 129 Å². The van der Waals surface area contributed by atoms with E-state index in [0.29, 0.717) is 6.61 Å². The van der Waals surface area contributed by atoms with E-state index in [2.05, 4.69) is 63.8 Å². The Morgan fingerprint density at radius 3 is 2.63 bits per heavy atom. The molecule has 1 heterocycles. The molecule has 0 aliphatic rings. The molecule has 0 saturated heterocycles. The fourth-order valence-corrected chi connectivity index (χ4v) is 2.16. The first-order valence-corrected chi connectivity index (χ1v) is 7.59. The smallest absolute Gasteiger partial charge is 0.143 e. The van der Waals surface area contributed by atoms with Gasteiger partial charge in [-0.1, -0.05) is 6.92 Å². The molecule has 1 N–H and O–H groups in total. The quantitative estimate of drug-likeness (QED) is 0.703. The predicted octanol–water partition coefficient (Wildman–Crippen LogP) is 2.15. The summed E-state index contributed by atoms with van der Waals surface area (Å²) >= 11 is 2.28. The van der Waals surface area contributed by atoms with Crippen LogP contribution in [0, 0.1) is 3.57 Å². The van der Waals surface area contributed by atoms with Crippen molar-refractivity contribution in [3.05, 3.63) is 15.1 Å². The molecule has 0 bridgehead atoms. The van der Waals surface area contributed by atoms with Crippen LogP contribution in [-0.4, -0.2) is 49.2 Å². The van der Waals surface area contributed by atoms with E-state index in [1.807, 2.05) is 0 Å². The highest BCUT2D eigenvalue weighted by molar-refractivity contribution is 14.1. The zero-order chi connectivity index (χ0) is 14.3. The van der Waals surface area contributed by atoms with Gasteiger partial charge < -0.3 is 15.0 Å². The monoisotopic (exact) mass is 378 g/mol. The van der Waals surface area contributed by atoms with Gasteiger partial charge in [0.1, 0.15) is 11.6 Å². The zero-order valence-corrected chi connectivity index (χ0v) is 14.3. The second-order valence-corrected chi connectivity index (χ2v) is 5.74. The lowest BCUT2D eigenvalue weighted by molar-refractivity contribution is 0.180. The van der Waals surface area contributed by atoms with Gasteiger partial charge in [0.15, 0.2) is 0 Å². The minimum absolute atomic E-state index is 0.524. The highest BCUT2D eigenvalue weighted by Gasteiger charge is 2.12. The molecular formula is C13H23IN4O. The molecule has 1 aromatic rings. The summed E-state index contributed by atoms with van der Waals surface area (Å²) in [6.45, 7) is 4.54. The summed E-state index contributed by atoms with van der Waals surface area (Å²) in [6.07, 6.45) is 1.92. The molecule has 0 aliphatic carbocycles. The number of likely N-dealkylation sites (N-methyl/N-ethyl adjacent to an activating group) is 1. The van der Waals surface area contributed by atoms with Crippen molar-refractivity contribution in [2.24, 2.45) is 0 Å². The third-order valence-corrected chi connectivity index (χ3v) is 3.71. The van der Waals surface area contributed by atoms with Crippen LogP contribution in [0.1, 0.15) is 24.9 Å². The maximum Gasteiger partial charge on any atom is 0.143 e. The number of hydrogen-bond donors (Lipinski definition) is 1. The van der Waals surface area contributed by atoms with Crippen molar-refractivity contribution in [3.8, 4) is 0 Å². The third kappa shape index (κ3) is 5.58. The number of nitrogens with one attached hydrogen (secondary N) is 1. The van der Waals surface area contributed by atoms with Gasteiger partial charge in [0, 0.05) is 26.6 Å². The zero-order valence-electron chi connectivity index (χ0n) is 12.2. The molecule has 108 valence electrons. The molecule has 6 heteroatoms. The van der Waals surface area contributed by atoms with E-state index in [1.54, 1.807) is 7.11 Å². The average Bonchev–Trinajstić information content (AvgIpc) is 2.38. The number of aromatic nitrogens is 2. The van der Waals surface area contributed by atoms with Crippen LogP contribution in [0.4, 0.5) is 5.82 Å². The second kappa shape index (κ2) is 8.65. The molecule has 0 atom stereocenters. The topological polar surface area (TPSA) is 50.3 Å². The fourth-order valence-electron chi connectivity index (χ4n) is 1.57. The van der Waals surface area contributed by atoms with Gasteiger partial charge in [0.2, 0.25) is 0 Å². The Morgan fingerprint density at radius 1 is 1.32 bits per heavy atom. The molecule has 0 fully saturated rings. The van der Waals surface area contributed by atoms with Gasteiger partial charge in [-0.3, -0.25) is 0 Å². The lowest BCUT2D eigenvalue weighted by Crippen LogP contribution is -2.18. The van der Waals surface area contributed by atoms with Crippen LogP contribution in [-0.2, 0) is 17.8 Å². The van der Waals surface area contributed by atoms with E-state index in [9.17, 15) is 0 Å². The highest BCUT2D eigenvalue weighted by atomic mass is 127. The summed E-state index contributed by atoms with van der Waals surface area (Å²) < 4.78 is 6.27. The van der Waals surface area contributed by atoms with E-state index >= 15 is 0 Å². The third-order valence-electron chi connectivity index (χ3n) is 2.57. The van der Waals surface area contributed by atoms with Gasteiger partial charge in [0.05, 0.1) is 15.9 Å². The number of methoxy groups -OCH3 is 1. The number of hydrogen-bond acceptors (Lipinski definition) is 5. The molecule has 0 spiro atoms. The summed E-state index contributed by atoms with van der Waals surface area (Å²) in [5, 5.41) is 3.36. The van der Waals surface area contributed by atoms with Crippen molar-refractivity contribution in [1.29, 1.82) is 0 Å². The minimum Gasteiger partial charge on any atom is -0.378 e. The van der Waals surface area contributed by atoms with E-state index in [-0.39, 0.29) is 0 Å². The standard InChI is InChI=1S/C13H23IN4O/c1-5-7-15-13-12(14)10(9-19-4)16-11(17-13)6-8-18(2)3/h5-9H2,1-4H3,(H,15,16,17). The number of halogens is 1. The molecule has 5 nitrogen and oxygen atoms in total. The van der Waals surface area contributed by atoms with Crippen molar-refractivity contribution >= 4 is 28.4 Å². The first kappa shape index (κ1) is 16.6.